The van der Waals surface area contributed by atoms with Crippen molar-refractivity contribution in [3.05, 3.63) is 35.9 Å². The van der Waals surface area contributed by atoms with Gasteiger partial charge >= 0.3 is 6.09 Å². The Balaban J connectivity index is 1.95. The first-order valence-corrected chi connectivity index (χ1v) is 13.2. The highest BCUT2D eigenvalue weighted by Gasteiger charge is 2.20. The van der Waals surface area contributed by atoms with E-state index >= 15 is 0 Å². The molecule has 3 aromatic heterocycles. The van der Waals surface area contributed by atoms with Crippen molar-refractivity contribution in [1.29, 1.82) is 5.26 Å². The van der Waals surface area contributed by atoms with Crippen molar-refractivity contribution >= 4 is 35.6 Å². The van der Waals surface area contributed by atoms with Crippen molar-refractivity contribution in [2.45, 2.75) is 38.3 Å². The summed E-state index contributed by atoms with van der Waals surface area (Å²) in [7, 11) is 3.52. The number of carbonyl (C=O) groups is 1. The minimum absolute atomic E-state index is 0.120. The number of aryl methyl sites for hydroxylation is 2. The van der Waals surface area contributed by atoms with Crippen LogP contribution in [0.5, 0.6) is 0 Å². The molecule has 1 N–H and O–H groups in total. The molecular formula is C24H29N7O3S2. The van der Waals surface area contributed by atoms with Crippen LogP contribution in [0.4, 0.5) is 10.7 Å². The first-order valence-electron chi connectivity index (χ1n) is 11.1. The van der Waals surface area contributed by atoms with E-state index in [9.17, 15) is 10.1 Å². The number of nitrogens with one attached hydrogen (secondary N) is 1. The van der Waals surface area contributed by atoms with E-state index < -0.39 is 11.7 Å². The first kappa shape index (κ1) is 27.4. The quantitative estimate of drug-likeness (QED) is 0.233. The fourth-order valence-corrected chi connectivity index (χ4v) is 5.18. The summed E-state index contributed by atoms with van der Waals surface area (Å²) in [6.45, 7) is 7.90. The standard InChI is InChI=1S/C24H29N7O3S2/c1-15-19(13-31(5)30-15)17-9-20(28-21(18(17)10-25)36-14-35-8-7-33-6)16-11-26-22(27-12-16)29-23(32)34-24(2,3)4/h9,11-13H,7-8,14H2,1-6H3,(H,26,27,29,32). The fraction of sp³-hybridized carbons (Fsp3) is 0.417. The number of thioether (sulfide) groups is 2. The molecule has 3 heterocycles. The van der Waals surface area contributed by atoms with E-state index in [4.69, 9.17) is 14.5 Å². The summed E-state index contributed by atoms with van der Waals surface area (Å²) in [5, 5.41) is 18.3. The van der Waals surface area contributed by atoms with Crippen LogP contribution in [0.25, 0.3) is 22.4 Å². The molecule has 3 rings (SSSR count). The van der Waals surface area contributed by atoms with Crippen LogP contribution < -0.4 is 5.32 Å². The van der Waals surface area contributed by atoms with Gasteiger partial charge in [0.2, 0.25) is 5.95 Å². The Morgan fingerprint density at radius 1 is 1.25 bits per heavy atom. The Morgan fingerprint density at radius 3 is 2.56 bits per heavy atom. The molecule has 3 aromatic rings. The van der Waals surface area contributed by atoms with E-state index in [-0.39, 0.29) is 5.95 Å². The van der Waals surface area contributed by atoms with Crippen LogP contribution in [0.15, 0.2) is 29.7 Å². The van der Waals surface area contributed by atoms with Gasteiger partial charge in [0.05, 0.1) is 23.6 Å². The van der Waals surface area contributed by atoms with Crippen LogP contribution in [0.1, 0.15) is 32.0 Å². The molecule has 0 unspecified atom stereocenters. The Hall–Kier alpha value is -3.14. The molecule has 0 radical (unpaired) electrons. The smallest absolute Gasteiger partial charge is 0.414 e. The van der Waals surface area contributed by atoms with E-state index in [1.165, 1.54) is 11.8 Å². The Labute approximate surface area is 219 Å². The molecule has 1 amide bonds. The molecule has 0 bridgehead atoms. The van der Waals surface area contributed by atoms with E-state index in [0.717, 1.165) is 27.7 Å². The summed E-state index contributed by atoms with van der Waals surface area (Å²) in [6, 6.07) is 4.18. The summed E-state index contributed by atoms with van der Waals surface area (Å²) >= 11 is 3.21. The minimum atomic E-state index is -0.634. The van der Waals surface area contributed by atoms with Gasteiger partial charge < -0.3 is 9.47 Å². The molecule has 0 fully saturated rings. The number of anilines is 1. The van der Waals surface area contributed by atoms with Gasteiger partial charge in [-0.1, -0.05) is 11.8 Å². The zero-order valence-corrected chi connectivity index (χ0v) is 22.8. The zero-order valence-electron chi connectivity index (χ0n) is 21.2. The highest BCUT2D eigenvalue weighted by atomic mass is 32.2. The number of rotatable bonds is 9. The lowest BCUT2D eigenvalue weighted by Crippen LogP contribution is -2.27. The van der Waals surface area contributed by atoms with E-state index in [2.05, 4.69) is 26.5 Å². The number of hydrogen-bond acceptors (Lipinski definition) is 10. The maximum absolute atomic E-state index is 12.0. The molecular weight excluding hydrogens is 498 g/mol. The summed E-state index contributed by atoms with van der Waals surface area (Å²) in [5.41, 5.74) is 3.53. The van der Waals surface area contributed by atoms with Crippen molar-refractivity contribution in [3.8, 4) is 28.5 Å². The van der Waals surface area contributed by atoms with Crippen molar-refractivity contribution in [3.63, 3.8) is 0 Å². The predicted molar refractivity (Wildman–Crippen MR) is 142 cm³/mol. The van der Waals surface area contributed by atoms with Gasteiger partial charge in [0, 0.05) is 60.3 Å². The lowest BCUT2D eigenvalue weighted by atomic mass is 10.0. The van der Waals surface area contributed by atoms with Gasteiger partial charge in [0.1, 0.15) is 16.7 Å². The molecule has 0 aliphatic heterocycles. The SMILES string of the molecule is COCCSCSc1nc(-c2cnc(NC(=O)OC(C)(C)C)nc2)cc(-c2cn(C)nc2C)c1C#N. The topological polar surface area (TPSA) is 128 Å². The molecule has 0 aliphatic carbocycles. The molecule has 36 heavy (non-hydrogen) atoms. The normalized spacial score (nSPS) is 11.2. The average Bonchev–Trinajstić information content (AvgIpc) is 3.15. The Bertz CT molecular complexity index is 1250. The third kappa shape index (κ3) is 7.43. The van der Waals surface area contributed by atoms with Crippen LogP contribution in [0.3, 0.4) is 0 Å². The minimum Gasteiger partial charge on any atom is -0.444 e. The second kappa shape index (κ2) is 12.2. The van der Waals surface area contributed by atoms with Crippen molar-refractivity contribution < 1.29 is 14.3 Å². The summed E-state index contributed by atoms with van der Waals surface area (Å²) in [6.07, 6.45) is 4.41. The maximum atomic E-state index is 12.0. The van der Waals surface area contributed by atoms with E-state index in [1.54, 1.807) is 56.7 Å². The molecule has 0 aliphatic rings. The molecule has 10 nitrogen and oxygen atoms in total. The number of carbonyl (C=O) groups excluding carboxylic acids is 1. The molecule has 0 atom stereocenters. The molecule has 0 saturated carbocycles. The third-order valence-electron chi connectivity index (χ3n) is 4.67. The summed E-state index contributed by atoms with van der Waals surface area (Å²) in [5.74, 6) is 0.966. The van der Waals surface area contributed by atoms with Gasteiger partial charge in [0.15, 0.2) is 0 Å². The number of methoxy groups -OCH3 is 1. The van der Waals surface area contributed by atoms with Crippen molar-refractivity contribution in [1.82, 2.24) is 24.7 Å². The van der Waals surface area contributed by atoms with Crippen LogP contribution >= 0.6 is 23.5 Å². The lowest BCUT2D eigenvalue weighted by Gasteiger charge is -2.19. The average molecular weight is 528 g/mol. The van der Waals surface area contributed by atoms with E-state index in [1.807, 2.05) is 26.2 Å². The molecule has 0 saturated heterocycles. The highest BCUT2D eigenvalue weighted by Crippen LogP contribution is 2.36. The lowest BCUT2D eigenvalue weighted by molar-refractivity contribution is 0.0634. The van der Waals surface area contributed by atoms with Gasteiger partial charge in [-0.3, -0.25) is 10.00 Å². The van der Waals surface area contributed by atoms with Crippen LogP contribution in [-0.2, 0) is 16.5 Å². The Kier molecular flexibility index (Phi) is 9.31. The number of nitrogens with zero attached hydrogens (tertiary/aromatic N) is 6. The summed E-state index contributed by atoms with van der Waals surface area (Å²) < 4.78 is 12.1. The number of hydrogen-bond donors (Lipinski definition) is 1. The van der Waals surface area contributed by atoms with Gasteiger partial charge in [-0.05, 0) is 33.8 Å². The number of aromatic nitrogens is 5. The number of ether oxygens (including phenoxy) is 2. The van der Waals surface area contributed by atoms with Crippen molar-refractivity contribution in [2.24, 2.45) is 7.05 Å². The second-order valence-electron chi connectivity index (χ2n) is 8.73. The van der Waals surface area contributed by atoms with Crippen LogP contribution in [0.2, 0.25) is 0 Å². The van der Waals surface area contributed by atoms with Crippen LogP contribution in [0, 0.1) is 18.3 Å². The maximum Gasteiger partial charge on any atom is 0.414 e. The third-order valence-corrected chi connectivity index (χ3v) is 6.84. The molecule has 0 spiro atoms. The zero-order chi connectivity index (χ0) is 26.3. The number of amides is 1. The summed E-state index contributed by atoms with van der Waals surface area (Å²) in [4.78, 5) is 25.3. The molecule has 12 heteroatoms. The molecule has 0 aromatic carbocycles. The largest absolute Gasteiger partial charge is 0.444 e. The fourth-order valence-electron chi connectivity index (χ4n) is 3.18. The van der Waals surface area contributed by atoms with Gasteiger partial charge in [0.25, 0.3) is 0 Å². The molecule has 190 valence electrons. The highest BCUT2D eigenvalue weighted by molar-refractivity contribution is 8.16. The number of pyridine rings is 1. The van der Waals surface area contributed by atoms with Crippen LogP contribution in [-0.4, -0.2) is 61.0 Å². The number of nitriles is 1. The Morgan fingerprint density at radius 2 is 1.97 bits per heavy atom. The van der Waals surface area contributed by atoms with Crippen molar-refractivity contribution in [2.75, 3.05) is 29.9 Å². The second-order valence-corrected chi connectivity index (χ2v) is 11.2. The monoisotopic (exact) mass is 527 g/mol. The van der Waals surface area contributed by atoms with Gasteiger partial charge in [-0.2, -0.15) is 10.4 Å². The van der Waals surface area contributed by atoms with E-state index in [0.29, 0.717) is 28.5 Å². The van der Waals surface area contributed by atoms with Gasteiger partial charge in [-0.15, -0.1) is 11.8 Å². The van der Waals surface area contributed by atoms with Gasteiger partial charge in [-0.25, -0.2) is 19.7 Å². The first-order chi connectivity index (χ1) is 17.1. The predicted octanol–water partition coefficient (Wildman–Crippen LogP) is 4.90.